The molecule has 4 heteroatoms. The molecule has 0 aromatic heterocycles. The summed E-state index contributed by atoms with van der Waals surface area (Å²) in [7, 11) is 0. The molecule has 4 N–H and O–H groups in total. The van der Waals surface area contributed by atoms with Crippen molar-refractivity contribution in [3.63, 3.8) is 0 Å². The molecule has 0 aromatic rings. The normalized spacial score (nSPS) is 30.3. The number of nitrogens with two attached hydrogens (primary N) is 1. The van der Waals surface area contributed by atoms with Gasteiger partial charge in [0.25, 0.3) is 0 Å². The van der Waals surface area contributed by atoms with Crippen LogP contribution in [-0.4, -0.2) is 35.6 Å². The fourth-order valence-corrected chi connectivity index (χ4v) is 1.95. The third-order valence-corrected chi connectivity index (χ3v) is 2.72. The fourth-order valence-electron chi connectivity index (χ4n) is 1.95. The minimum Gasteiger partial charge on any atom is -0.487 e. The molecule has 0 bridgehead atoms. The molecule has 0 saturated carbocycles. The first-order chi connectivity index (χ1) is 7.26. The van der Waals surface area contributed by atoms with Gasteiger partial charge in [-0.05, 0) is 6.08 Å². The number of aliphatic hydroxyl groups is 2. The van der Waals surface area contributed by atoms with Gasteiger partial charge in [0.05, 0.1) is 6.10 Å². The third kappa shape index (κ3) is 1.84. The zero-order valence-corrected chi connectivity index (χ0v) is 8.34. The first-order valence-corrected chi connectivity index (χ1v) is 5.01. The lowest BCUT2D eigenvalue weighted by molar-refractivity contribution is 0.0965. The van der Waals surface area contributed by atoms with Crippen molar-refractivity contribution in [2.24, 2.45) is 11.7 Å². The van der Waals surface area contributed by atoms with Crippen LogP contribution in [0.3, 0.4) is 0 Å². The molecule has 0 radical (unpaired) electrons. The summed E-state index contributed by atoms with van der Waals surface area (Å²) < 4.78 is 5.53. The number of aliphatic hydroxyl groups excluding tert-OH is 2. The second-order valence-corrected chi connectivity index (χ2v) is 3.71. The standard InChI is InChI=1S/C11H15NO3/c12-5-10(14)9-3-1-2-7-4-8(6-13)15-11(7)9/h1-4,7,10-11,13-14H,5-6,12H2. The molecule has 0 aromatic carbocycles. The van der Waals surface area contributed by atoms with Crippen LogP contribution in [0.1, 0.15) is 0 Å². The SMILES string of the molecule is NCC(O)C1=CC=CC2C=C(CO)OC12. The van der Waals surface area contributed by atoms with Crippen LogP contribution in [0.15, 0.2) is 35.6 Å². The van der Waals surface area contributed by atoms with E-state index in [0.717, 1.165) is 5.57 Å². The lowest BCUT2D eigenvalue weighted by Crippen LogP contribution is -2.32. The number of allylic oxidation sites excluding steroid dienone is 2. The first-order valence-electron chi connectivity index (χ1n) is 5.01. The Kier molecular flexibility index (Phi) is 2.90. The molecule has 0 saturated heterocycles. The minimum atomic E-state index is -0.672. The molecule has 2 aliphatic rings. The molecule has 0 amide bonds. The van der Waals surface area contributed by atoms with Gasteiger partial charge >= 0.3 is 0 Å². The van der Waals surface area contributed by atoms with Crippen LogP contribution < -0.4 is 5.73 Å². The van der Waals surface area contributed by atoms with E-state index in [4.69, 9.17) is 15.6 Å². The van der Waals surface area contributed by atoms with Gasteiger partial charge in [0, 0.05) is 18.0 Å². The summed E-state index contributed by atoms with van der Waals surface area (Å²) in [4.78, 5) is 0. The molecule has 82 valence electrons. The minimum absolute atomic E-state index is 0.104. The van der Waals surface area contributed by atoms with Gasteiger partial charge in [0.1, 0.15) is 18.5 Å². The quantitative estimate of drug-likeness (QED) is 0.596. The maximum absolute atomic E-state index is 9.70. The van der Waals surface area contributed by atoms with Gasteiger partial charge in [0.2, 0.25) is 0 Å². The van der Waals surface area contributed by atoms with Crippen molar-refractivity contribution in [2.45, 2.75) is 12.2 Å². The van der Waals surface area contributed by atoms with Crippen molar-refractivity contribution >= 4 is 0 Å². The summed E-state index contributed by atoms with van der Waals surface area (Å²) in [6.45, 7) is 0.0769. The molecule has 1 aliphatic carbocycles. The molecule has 1 heterocycles. The number of ether oxygens (including phenoxy) is 1. The molecule has 4 nitrogen and oxygen atoms in total. The molecular formula is C11H15NO3. The number of fused-ring (bicyclic) bond motifs is 1. The van der Waals surface area contributed by atoms with E-state index in [9.17, 15) is 5.11 Å². The largest absolute Gasteiger partial charge is 0.487 e. The van der Waals surface area contributed by atoms with Gasteiger partial charge in [-0.25, -0.2) is 0 Å². The Morgan fingerprint density at radius 1 is 1.53 bits per heavy atom. The smallest absolute Gasteiger partial charge is 0.132 e. The Morgan fingerprint density at radius 2 is 2.33 bits per heavy atom. The van der Waals surface area contributed by atoms with E-state index in [-0.39, 0.29) is 25.2 Å². The Bertz CT molecular complexity index is 333. The highest BCUT2D eigenvalue weighted by Gasteiger charge is 2.34. The molecular weight excluding hydrogens is 194 g/mol. The average molecular weight is 209 g/mol. The second kappa shape index (κ2) is 4.18. The number of rotatable bonds is 3. The molecule has 3 unspecified atom stereocenters. The van der Waals surface area contributed by atoms with E-state index < -0.39 is 6.10 Å². The van der Waals surface area contributed by atoms with E-state index in [0.29, 0.717) is 5.76 Å². The van der Waals surface area contributed by atoms with Crippen LogP contribution in [0, 0.1) is 5.92 Å². The van der Waals surface area contributed by atoms with Crippen molar-refractivity contribution in [1.82, 2.24) is 0 Å². The van der Waals surface area contributed by atoms with Crippen molar-refractivity contribution < 1.29 is 14.9 Å². The highest BCUT2D eigenvalue weighted by atomic mass is 16.5. The van der Waals surface area contributed by atoms with E-state index >= 15 is 0 Å². The average Bonchev–Trinajstić information content (AvgIpc) is 2.70. The zero-order chi connectivity index (χ0) is 10.8. The Balaban J connectivity index is 2.17. The van der Waals surface area contributed by atoms with E-state index in [1.54, 1.807) is 0 Å². The highest BCUT2D eigenvalue weighted by Crippen LogP contribution is 2.33. The number of hydrogen-bond donors (Lipinski definition) is 3. The van der Waals surface area contributed by atoms with E-state index in [2.05, 4.69) is 0 Å². The molecule has 0 fully saturated rings. The van der Waals surface area contributed by atoms with Crippen LogP contribution in [0.5, 0.6) is 0 Å². The van der Waals surface area contributed by atoms with Crippen molar-refractivity contribution in [2.75, 3.05) is 13.2 Å². The van der Waals surface area contributed by atoms with Gasteiger partial charge in [-0.2, -0.15) is 0 Å². The molecule has 1 aliphatic heterocycles. The van der Waals surface area contributed by atoms with E-state index in [1.807, 2.05) is 24.3 Å². The van der Waals surface area contributed by atoms with Gasteiger partial charge in [-0.1, -0.05) is 18.2 Å². The highest BCUT2D eigenvalue weighted by molar-refractivity contribution is 5.34. The molecule has 15 heavy (non-hydrogen) atoms. The predicted molar refractivity (Wildman–Crippen MR) is 55.8 cm³/mol. The topological polar surface area (TPSA) is 75.7 Å². The maximum Gasteiger partial charge on any atom is 0.132 e. The van der Waals surface area contributed by atoms with Gasteiger partial charge in [-0.3, -0.25) is 0 Å². The van der Waals surface area contributed by atoms with Crippen LogP contribution in [0.25, 0.3) is 0 Å². The summed E-state index contributed by atoms with van der Waals surface area (Å²) in [5, 5.41) is 18.7. The van der Waals surface area contributed by atoms with Crippen molar-refractivity contribution in [3.8, 4) is 0 Å². The molecule has 3 atom stereocenters. The molecule has 2 rings (SSSR count). The summed E-state index contributed by atoms with van der Waals surface area (Å²) >= 11 is 0. The first kappa shape index (κ1) is 10.4. The summed E-state index contributed by atoms with van der Waals surface area (Å²) in [6.07, 6.45) is 6.70. The van der Waals surface area contributed by atoms with E-state index in [1.165, 1.54) is 0 Å². The Labute approximate surface area is 88.4 Å². The van der Waals surface area contributed by atoms with Crippen molar-refractivity contribution in [1.29, 1.82) is 0 Å². The van der Waals surface area contributed by atoms with Gasteiger partial charge in [-0.15, -0.1) is 0 Å². The van der Waals surface area contributed by atoms with Gasteiger partial charge < -0.3 is 20.7 Å². The fraction of sp³-hybridized carbons (Fsp3) is 0.455. The predicted octanol–water partition coefficient (Wildman–Crippen LogP) is -0.307. The zero-order valence-electron chi connectivity index (χ0n) is 8.34. The lowest BCUT2D eigenvalue weighted by Gasteiger charge is -2.25. The monoisotopic (exact) mass is 209 g/mol. The third-order valence-electron chi connectivity index (χ3n) is 2.72. The summed E-state index contributed by atoms with van der Waals surface area (Å²) in [5.41, 5.74) is 6.20. The van der Waals surface area contributed by atoms with Crippen LogP contribution in [-0.2, 0) is 4.74 Å². The maximum atomic E-state index is 9.70. The number of hydrogen-bond acceptors (Lipinski definition) is 4. The van der Waals surface area contributed by atoms with Crippen LogP contribution in [0.4, 0.5) is 0 Å². The lowest BCUT2D eigenvalue weighted by atomic mass is 9.89. The summed E-state index contributed by atoms with van der Waals surface area (Å²) in [5.74, 6) is 0.667. The van der Waals surface area contributed by atoms with Crippen LogP contribution in [0.2, 0.25) is 0 Å². The second-order valence-electron chi connectivity index (χ2n) is 3.71. The Morgan fingerprint density at radius 3 is 3.00 bits per heavy atom. The Hall–Kier alpha value is -1.10. The van der Waals surface area contributed by atoms with Gasteiger partial charge in [0.15, 0.2) is 0 Å². The van der Waals surface area contributed by atoms with Crippen LogP contribution >= 0.6 is 0 Å². The summed E-state index contributed by atoms with van der Waals surface area (Å²) in [6, 6.07) is 0. The molecule has 0 spiro atoms. The van der Waals surface area contributed by atoms with Crippen molar-refractivity contribution in [3.05, 3.63) is 35.6 Å².